The summed E-state index contributed by atoms with van der Waals surface area (Å²) in [6.07, 6.45) is -0.332. The molecule has 2 saturated heterocycles. The molecule has 0 bridgehead atoms. The van der Waals surface area contributed by atoms with Crippen LogP contribution in [-0.4, -0.2) is 72.4 Å². The minimum atomic E-state index is -4.64. The Kier molecular flexibility index (Phi) is 8.88. The molecule has 0 saturated carbocycles. The number of anilines is 2. The fourth-order valence-electron chi connectivity index (χ4n) is 4.58. The van der Waals surface area contributed by atoms with Crippen LogP contribution in [0.4, 0.5) is 24.7 Å². The van der Waals surface area contributed by atoms with E-state index in [4.69, 9.17) is 10.00 Å². The van der Waals surface area contributed by atoms with Crippen LogP contribution >= 0.6 is 0 Å². The highest BCUT2D eigenvalue weighted by Crippen LogP contribution is 2.34. The normalized spacial score (nSPS) is 15.2. The van der Waals surface area contributed by atoms with Gasteiger partial charge in [-0.05, 0) is 43.2 Å². The summed E-state index contributed by atoms with van der Waals surface area (Å²) in [5.74, 6) is 1.53. The Balaban J connectivity index is 0.000000201. The summed E-state index contributed by atoms with van der Waals surface area (Å²) in [5.41, 5.74) is -1.26. The third-order valence-corrected chi connectivity index (χ3v) is 6.65. The Labute approximate surface area is 228 Å². The smallest absolute Gasteiger partial charge is 0.423 e. The second-order valence-electron chi connectivity index (χ2n) is 9.18. The molecule has 1 N–H and O–H groups in total. The number of ether oxygens (including phenoxy) is 1. The fraction of sp³-hybridized carbons (Fsp3) is 0.370. The standard InChI is InChI=1S/C18H18N4O2.C9H10F3N3O/c1-24-16-4-2-3-15(11-16)18(23)22-9-7-21(8-10-22)17-6-5-14(12-19)13-20-17;10-9(11,12)7-6(5-13-14-8(7)16)15-3-1-2-4-15/h2-6,11,13H,7-10H2,1H3;5H,1-4H2,(H,14,16). The molecule has 0 unspecified atom stereocenters. The number of hydrogen-bond acceptors (Lipinski definition) is 8. The lowest BCUT2D eigenvalue weighted by molar-refractivity contribution is -0.138. The van der Waals surface area contributed by atoms with Crippen molar-refractivity contribution in [2.24, 2.45) is 0 Å². The Morgan fingerprint density at radius 2 is 1.75 bits per heavy atom. The summed E-state index contributed by atoms with van der Waals surface area (Å²) in [6, 6.07) is 12.9. The maximum absolute atomic E-state index is 12.7. The lowest BCUT2D eigenvalue weighted by Gasteiger charge is -2.35. The van der Waals surface area contributed by atoms with E-state index in [0.717, 1.165) is 24.9 Å². The average molecular weight is 556 g/mol. The fourth-order valence-corrected chi connectivity index (χ4v) is 4.58. The third kappa shape index (κ3) is 6.69. The number of halogens is 3. The van der Waals surface area contributed by atoms with Gasteiger partial charge in [-0.3, -0.25) is 9.59 Å². The first kappa shape index (κ1) is 28.4. The molecule has 0 radical (unpaired) electrons. The van der Waals surface area contributed by atoms with E-state index in [1.165, 1.54) is 0 Å². The Hall–Kier alpha value is -4.60. The molecule has 2 aliphatic rings. The summed E-state index contributed by atoms with van der Waals surface area (Å²) in [6.45, 7) is 3.78. The number of nitriles is 1. The van der Waals surface area contributed by atoms with Crippen molar-refractivity contribution in [3.8, 4) is 11.8 Å². The number of nitrogens with one attached hydrogen (secondary N) is 1. The number of pyridine rings is 1. The van der Waals surface area contributed by atoms with Crippen molar-refractivity contribution < 1.29 is 22.7 Å². The second kappa shape index (κ2) is 12.5. The molecule has 13 heteroatoms. The number of aromatic amines is 1. The second-order valence-corrected chi connectivity index (χ2v) is 9.18. The SMILES string of the molecule is COc1cccc(C(=O)N2CCN(c3ccc(C#N)cn3)CC2)c1.O=c1[nH]ncc(N2CCCC2)c1C(F)(F)F. The van der Waals surface area contributed by atoms with Crippen LogP contribution in [0.15, 0.2) is 53.6 Å². The summed E-state index contributed by atoms with van der Waals surface area (Å²) >= 11 is 0. The van der Waals surface area contributed by atoms with Crippen molar-refractivity contribution in [1.82, 2.24) is 20.1 Å². The molecule has 10 nitrogen and oxygen atoms in total. The number of piperazine rings is 1. The van der Waals surface area contributed by atoms with Crippen LogP contribution in [0.25, 0.3) is 0 Å². The van der Waals surface area contributed by atoms with Crippen LogP contribution in [0.1, 0.15) is 34.3 Å². The molecule has 40 heavy (non-hydrogen) atoms. The highest BCUT2D eigenvalue weighted by atomic mass is 19.4. The van der Waals surface area contributed by atoms with E-state index in [9.17, 15) is 22.8 Å². The van der Waals surface area contributed by atoms with Crippen molar-refractivity contribution >= 4 is 17.4 Å². The van der Waals surface area contributed by atoms with E-state index in [2.05, 4.69) is 21.1 Å². The number of nitrogens with zero attached hydrogens (tertiary/aromatic N) is 6. The van der Waals surface area contributed by atoms with E-state index < -0.39 is 17.3 Å². The number of benzene rings is 1. The largest absolute Gasteiger partial charge is 0.497 e. The first-order valence-corrected chi connectivity index (χ1v) is 12.7. The molecule has 5 rings (SSSR count). The number of aromatic nitrogens is 3. The van der Waals surface area contributed by atoms with E-state index in [-0.39, 0.29) is 11.6 Å². The molecule has 2 fully saturated rings. The van der Waals surface area contributed by atoms with Crippen LogP contribution in [0.5, 0.6) is 5.75 Å². The van der Waals surface area contributed by atoms with Crippen LogP contribution in [0, 0.1) is 11.3 Å². The number of H-pyrrole nitrogens is 1. The Bertz CT molecular complexity index is 1410. The Morgan fingerprint density at radius 1 is 1.02 bits per heavy atom. The molecule has 0 aliphatic carbocycles. The zero-order valence-corrected chi connectivity index (χ0v) is 21.8. The highest BCUT2D eigenvalue weighted by molar-refractivity contribution is 5.94. The van der Waals surface area contributed by atoms with Crippen LogP contribution in [0.2, 0.25) is 0 Å². The molecule has 3 aromatic rings. The van der Waals surface area contributed by atoms with Crippen molar-refractivity contribution in [1.29, 1.82) is 5.26 Å². The van der Waals surface area contributed by atoms with Crippen molar-refractivity contribution in [2.45, 2.75) is 19.0 Å². The topological polar surface area (TPSA) is 118 Å². The minimum Gasteiger partial charge on any atom is -0.497 e. The van der Waals surface area contributed by atoms with Crippen LogP contribution in [-0.2, 0) is 6.18 Å². The molecule has 4 heterocycles. The van der Waals surface area contributed by atoms with Gasteiger partial charge in [0, 0.05) is 51.0 Å². The van der Waals surface area contributed by atoms with Crippen LogP contribution < -0.4 is 20.1 Å². The maximum Gasteiger partial charge on any atom is 0.423 e. The van der Waals surface area contributed by atoms with Gasteiger partial charge in [0.2, 0.25) is 0 Å². The summed E-state index contributed by atoms with van der Waals surface area (Å²) in [5, 5.41) is 14.1. The minimum absolute atomic E-state index is 0.0151. The summed E-state index contributed by atoms with van der Waals surface area (Å²) in [7, 11) is 1.59. The van der Waals surface area contributed by atoms with Gasteiger partial charge in [-0.1, -0.05) is 6.07 Å². The van der Waals surface area contributed by atoms with Gasteiger partial charge in [-0.15, -0.1) is 0 Å². The molecular formula is C27H28F3N7O3. The van der Waals surface area contributed by atoms with Gasteiger partial charge >= 0.3 is 6.18 Å². The number of alkyl halides is 3. The van der Waals surface area contributed by atoms with E-state index in [1.54, 1.807) is 36.4 Å². The van der Waals surface area contributed by atoms with Crippen molar-refractivity contribution in [2.75, 3.05) is 56.2 Å². The first-order valence-electron chi connectivity index (χ1n) is 12.7. The van der Waals surface area contributed by atoms with Crippen molar-refractivity contribution in [3.05, 3.63) is 75.8 Å². The third-order valence-electron chi connectivity index (χ3n) is 6.65. The summed E-state index contributed by atoms with van der Waals surface area (Å²) < 4.78 is 43.2. The Morgan fingerprint density at radius 3 is 2.35 bits per heavy atom. The molecule has 210 valence electrons. The van der Waals surface area contributed by atoms with Gasteiger partial charge in [-0.25, -0.2) is 10.1 Å². The number of rotatable bonds is 4. The number of carbonyl (C=O) groups excluding carboxylic acids is 1. The lowest BCUT2D eigenvalue weighted by Crippen LogP contribution is -2.49. The number of methoxy groups -OCH3 is 1. The average Bonchev–Trinajstić information content (AvgIpc) is 3.52. The first-order chi connectivity index (χ1) is 19.2. The van der Waals surface area contributed by atoms with Gasteiger partial charge in [0.05, 0.1) is 24.6 Å². The highest BCUT2D eigenvalue weighted by Gasteiger charge is 2.39. The van der Waals surface area contributed by atoms with E-state index in [0.29, 0.717) is 56.1 Å². The van der Waals surface area contributed by atoms with E-state index >= 15 is 0 Å². The molecule has 1 aromatic carbocycles. The molecule has 0 spiro atoms. The van der Waals surface area contributed by atoms with Gasteiger partial charge in [0.15, 0.2) is 0 Å². The van der Waals surface area contributed by atoms with Gasteiger partial charge in [0.25, 0.3) is 11.5 Å². The molecular weight excluding hydrogens is 527 g/mol. The monoisotopic (exact) mass is 555 g/mol. The molecule has 2 aliphatic heterocycles. The maximum atomic E-state index is 12.7. The van der Waals surface area contributed by atoms with Gasteiger partial charge < -0.3 is 19.4 Å². The zero-order valence-electron chi connectivity index (χ0n) is 21.8. The number of amides is 1. The van der Waals surface area contributed by atoms with Crippen molar-refractivity contribution in [3.63, 3.8) is 0 Å². The van der Waals surface area contributed by atoms with Crippen LogP contribution in [0.3, 0.4) is 0 Å². The quantitative estimate of drug-likeness (QED) is 0.521. The number of hydrogen-bond donors (Lipinski definition) is 1. The van der Waals surface area contributed by atoms with Gasteiger partial charge in [-0.2, -0.15) is 23.5 Å². The molecule has 2 aromatic heterocycles. The number of carbonyl (C=O) groups is 1. The predicted octanol–water partition coefficient (Wildman–Crippen LogP) is 3.31. The van der Waals surface area contributed by atoms with E-state index in [1.807, 2.05) is 28.2 Å². The predicted molar refractivity (Wildman–Crippen MR) is 141 cm³/mol. The summed E-state index contributed by atoms with van der Waals surface area (Å²) in [4.78, 5) is 33.6. The molecule has 1 amide bonds. The molecule has 0 atom stereocenters. The lowest BCUT2D eigenvalue weighted by atomic mass is 10.1. The van der Waals surface area contributed by atoms with Gasteiger partial charge in [0.1, 0.15) is 23.2 Å². The zero-order chi connectivity index (χ0) is 28.7.